The predicted octanol–water partition coefficient (Wildman–Crippen LogP) is 1.71. The highest BCUT2D eigenvalue weighted by atomic mass is 35.5. The van der Waals surface area contributed by atoms with Gasteiger partial charge in [-0.3, -0.25) is 0 Å². The van der Waals surface area contributed by atoms with E-state index in [1.807, 2.05) is 49.5 Å². The first-order valence-electron chi connectivity index (χ1n) is 7.57. The third-order valence-corrected chi connectivity index (χ3v) is 3.93. The van der Waals surface area contributed by atoms with E-state index < -0.39 is 0 Å². The number of hydrogen-bond donors (Lipinski definition) is 1. The van der Waals surface area contributed by atoms with E-state index in [9.17, 15) is 0 Å². The Labute approximate surface area is 142 Å². The van der Waals surface area contributed by atoms with Gasteiger partial charge >= 0.3 is 0 Å². The van der Waals surface area contributed by atoms with Crippen LogP contribution in [0.2, 0.25) is 5.02 Å². The number of nitrogens with zero attached hydrogens (tertiary/aromatic N) is 6. The van der Waals surface area contributed by atoms with E-state index in [2.05, 4.69) is 32.3 Å². The van der Waals surface area contributed by atoms with Gasteiger partial charge in [0.25, 0.3) is 0 Å². The molecule has 0 saturated carbocycles. The van der Waals surface area contributed by atoms with Gasteiger partial charge in [0.2, 0.25) is 0 Å². The van der Waals surface area contributed by atoms with E-state index in [0.29, 0.717) is 13.1 Å². The van der Waals surface area contributed by atoms with E-state index in [0.717, 1.165) is 34.9 Å². The van der Waals surface area contributed by atoms with Gasteiger partial charge < -0.3 is 19.4 Å². The van der Waals surface area contributed by atoms with Gasteiger partial charge in [-0.15, -0.1) is 10.2 Å². The maximum absolute atomic E-state index is 6.05. The molecule has 0 atom stereocenters. The van der Waals surface area contributed by atoms with Crippen LogP contribution in [0.1, 0.15) is 24.3 Å². The van der Waals surface area contributed by atoms with Crippen LogP contribution in [0, 0.1) is 6.92 Å². The topological polar surface area (TPSA) is 63.3 Å². The Kier molecular flexibility index (Phi) is 5.65. The lowest BCUT2D eigenvalue weighted by Gasteiger charge is -2.22. The summed E-state index contributed by atoms with van der Waals surface area (Å²) < 4.78 is 3.97. The first kappa shape index (κ1) is 17.3. The van der Waals surface area contributed by atoms with E-state index in [-0.39, 0.29) is 0 Å². The van der Waals surface area contributed by atoms with Gasteiger partial charge in [0.1, 0.15) is 12.4 Å². The van der Waals surface area contributed by atoms with Crippen LogP contribution in [0.5, 0.6) is 0 Å². The van der Waals surface area contributed by atoms with Crippen molar-refractivity contribution in [1.82, 2.24) is 29.5 Å². The summed E-state index contributed by atoms with van der Waals surface area (Å²) in [5, 5.41) is 12.2. The zero-order chi connectivity index (χ0) is 17.0. The Balaban J connectivity index is 2.11. The second kappa shape index (κ2) is 7.50. The van der Waals surface area contributed by atoms with Crippen LogP contribution in [-0.2, 0) is 27.2 Å². The highest BCUT2D eigenvalue weighted by molar-refractivity contribution is 6.30. The van der Waals surface area contributed by atoms with Crippen molar-refractivity contribution in [3.63, 3.8) is 0 Å². The molecule has 0 amide bonds. The summed E-state index contributed by atoms with van der Waals surface area (Å²) in [7, 11) is 5.94. The molecular formula is C15H24ClN7. The van der Waals surface area contributed by atoms with Crippen molar-refractivity contribution in [1.29, 1.82) is 0 Å². The number of hydrogen-bond acceptors (Lipinski definition) is 3. The summed E-state index contributed by atoms with van der Waals surface area (Å²) in [6.45, 7) is 5.98. The van der Waals surface area contributed by atoms with Gasteiger partial charge in [-0.2, -0.15) is 0 Å². The number of rotatable bonds is 5. The Morgan fingerprint density at radius 1 is 1.39 bits per heavy atom. The lowest BCUT2D eigenvalue weighted by molar-refractivity contribution is 0.461. The maximum Gasteiger partial charge on any atom is 0.194 e. The molecule has 0 aromatic carbocycles. The lowest BCUT2D eigenvalue weighted by atomic mass is 10.4. The Morgan fingerprint density at radius 2 is 2.13 bits per heavy atom. The summed E-state index contributed by atoms with van der Waals surface area (Å²) in [6, 6.07) is 1.97. The van der Waals surface area contributed by atoms with Gasteiger partial charge in [-0.25, -0.2) is 4.99 Å². The molecule has 0 radical (unpaired) electrons. The van der Waals surface area contributed by atoms with Crippen LogP contribution in [0.3, 0.4) is 0 Å². The van der Waals surface area contributed by atoms with E-state index >= 15 is 0 Å². The van der Waals surface area contributed by atoms with Crippen LogP contribution >= 0.6 is 11.6 Å². The number of aromatic nitrogens is 4. The largest absolute Gasteiger partial charge is 0.357 e. The fourth-order valence-corrected chi connectivity index (χ4v) is 2.52. The summed E-state index contributed by atoms with van der Waals surface area (Å²) in [6.07, 6.45) is 1.90. The molecule has 8 heteroatoms. The minimum absolute atomic E-state index is 0.484. The number of nitrogens with one attached hydrogen (secondary N) is 1. The Morgan fingerprint density at radius 3 is 2.65 bits per heavy atom. The lowest BCUT2D eigenvalue weighted by Crippen LogP contribution is -2.38. The third-order valence-electron chi connectivity index (χ3n) is 3.72. The number of halogens is 1. The molecule has 2 aromatic rings. The molecule has 2 rings (SSSR count). The van der Waals surface area contributed by atoms with Crippen LogP contribution in [0.25, 0.3) is 0 Å². The van der Waals surface area contributed by atoms with Crippen molar-refractivity contribution < 1.29 is 0 Å². The van der Waals surface area contributed by atoms with Crippen molar-refractivity contribution >= 4 is 17.6 Å². The molecule has 23 heavy (non-hydrogen) atoms. The van der Waals surface area contributed by atoms with Gasteiger partial charge in [-0.05, 0) is 19.9 Å². The molecule has 0 saturated heterocycles. The second-order valence-corrected chi connectivity index (χ2v) is 5.95. The van der Waals surface area contributed by atoms with Crippen molar-refractivity contribution in [2.45, 2.75) is 26.9 Å². The monoisotopic (exact) mass is 337 g/mol. The first-order valence-corrected chi connectivity index (χ1v) is 7.95. The molecule has 0 spiro atoms. The molecule has 2 heterocycles. The molecule has 0 aliphatic heterocycles. The van der Waals surface area contributed by atoms with Crippen LogP contribution in [-0.4, -0.2) is 43.8 Å². The smallest absolute Gasteiger partial charge is 0.194 e. The SMILES string of the molecule is CCNC(=NCc1nnc(C)n1C)N(C)Cc1cc(Cl)cn1C. The van der Waals surface area contributed by atoms with Gasteiger partial charge in [-0.1, -0.05) is 11.6 Å². The van der Waals surface area contributed by atoms with Crippen LogP contribution < -0.4 is 5.32 Å². The molecule has 0 fully saturated rings. The number of guanidine groups is 1. The van der Waals surface area contributed by atoms with Crippen LogP contribution in [0.15, 0.2) is 17.3 Å². The zero-order valence-electron chi connectivity index (χ0n) is 14.3. The quantitative estimate of drug-likeness (QED) is 0.666. The summed E-state index contributed by atoms with van der Waals surface area (Å²) in [5.74, 6) is 2.55. The Hall–Kier alpha value is -2.02. The minimum atomic E-state index is 0.484. The highest BCUT2D eigenvalue weighted by Gasteiger charge is 2.11. The molecule has 0 unspecified atom stereocenters. The third kappa shape index (κ3) is 4.25. The first-order chi connectivity index (χ1) is 10.9. The fourth-order valence-electron chi connectivity index (χ4n) is 2.25. The number of aryl methyl sites for hydroxylation is 2. The summed E-state index contributed by atoms with van der Waals surface area (Å²) in [4.78, 5) is 6.72. The number of aliphatic imine (C=N–C) groups is 1. The Bertz CT molecular complexity index is 686. The summed E-state index contributed by atoms with van der Waals surface area (Å²) in [5.41, 5.74) is 1.12. The minimum Gasteiger partial charge on any atom is -0.357 e. The molecule has 2 aromatic heterocycles. The normalized spacial score (nSPS) is 11.8. The van der Waals surface area contributed by atoms with Crippen molar-refractivity contribution in [3.8, 4) is 0 Å². The average molecular weight is 338 g/mol. The van der Waals surface area contributed by atoms with E-state index in [1.165, 1.54) is 0 Å². The van der Waals surface area contributed by atoms with Crippen LogP contribution in [0.4, 0.5) is 0 Å². The molecule has 0 bridgehead atoms. The average Bonchev–Trinajstić information content (AvgIpc) is 2.98. The molecular weight excluding hydrogens is 314 g/mol. The standard InChI is InChI=1S/C15H24ClN7/c1-6-17-15(18-8-14-20-19-11(2)23(14)5)22(4)10-13-7-12(16)9-21(13)3/h7,9H,6,8,10H2,1-5H3,(H,17,18). The predicted molar refractivity (Wildman–Crippen MR) is 92.4 cm³/mol. The van der Waals surface area contributed by atoms with E-state index in [1.54, 1.807) is 0 Å². The fraction of sp³-hybridized carbons (Fsp3) is 0.533. The maximum atomic E-state index is 6.05. The highest BCUT2D eigenvalue weighted by Crippen LogP contribution is 2.14. The zero-order valence-corrected chi connectivity index (χ0v) is 15.1. The summed E-state index contributed by atoms with van der Waals surface area (Å²) >= 11 is 6.05. The second-order valence-electron chi connectivity index (χ2n) is 5.51. The van der Waals surface area contributed by atoms with Crippen molar-refractivity contribution in [2.24, 2.45) is 19.1 Å². The van der Waals surface area contributed by atoms with Gasteiger partial charge in [0, 0.05) is 39.6 Å². The molecule has 0 aliphatic carbocycles. The van der Waals surface area contributed by atoms with Gasteiger partial charge in [0.15, 0.2) is 11.8 Å². The molecule has 1 N–H and O–H groups in total. The van der Waals surface area contributed by atoms with Crippen molar-refractivity contribution in [3.05, 3.63) is 34.6 Å². The molecule has 126 valence electrons. The van der Waals surface area contributed by atoms with Gasteiger partial charge in [0.05, 0.1) is 11.6 Å². The molecule has 0 aliphatic rings. The van der Waals surface area contributed by atoms with E-state index in [4.69, 9.17) is 11.6 Å². The molecule has 7 nitrogen and oxygen atoms in total. The van der Waals surface area contributed by atoms with Crippen molar-refractivity contribution in [2.75, 3.05) is 13.6 Å².